The third kappa shape index (κ3) is 2.88. The van der Waals surface area contributed by atoms with Crippen molar-refractivity contribution in [2.45, 2.75) is 4.90 Å². The number of halogens is 1. The lowest BCUT2D eigenvalue weighted by Gasteiger charge is -2.07. The highest BCUT2D eigenvalue weighted by Gasteiger charge is 2.20. The van der Waals surface area contributed by atoms with Crippen LogP contribution in [0.4, 0.5) is 15.8 Å². The maximum Gasteiger partial charge on any atom is 0.304 e. The van der Waals surface area contributed by atoms with Crippen molar-refractivity contribution in [2.24, 2.45) is 0 Å². The number of hydrogen-bond donors (Lipinski definition) is 1. The van der Waals surface area contributed by atoms with Crippen LogP contribution in [0.5, 0.6) is 0 Å². The quantitative estimate of drug-likeness (QED) is 0.686. The molecule has 0 saturated heterocycles. The molecule has 1 aromatic carbocycles. The zero-order chi connectivity index (χ0) is 14.8. The summed E-state index contributed by atoms with van der Waals surface area (Å²) in [5.74, 6) is -1.22. The number of benzene rings is 1. The second kappa shape index (κ2) is 5.21. The summed E-state index contributed by atoms with van der Waals surface area (Å²) >= 11 is 0. The third-order valence-electron chi connectivity index (χ3n) is 2.34. The van der Waals surface area contributed by atoms with Gasteiger partial charge in [0.2, 0.25) is 5.82 Å². The van der Waals surface area contributed by atoms with Gasteiger partial charge in [0.15, 0.2) is 0 Å². The SMILES string of the molecule is O=[N+]([O-])c1ccc(S(=O)(=O)Nc2cccnc2)cc1F. The van der Waals surface area contributed by atoms with Gasteiger partial charge in [-0.2, -0.15) is 4.39 Å². The van der Waals surface area contributed by atoms with Crippen LogP contribution in [0.15, 0.2) is 47.6 Å². The fourth-order valence-electron chi connectivity index (χ4n) is 1.44. The van der Waals surface area contributed by atoms with E-state index in [9.17, 15) is 22.9 Å². The number of nitro groups is 1. The molecule has 0 saturated carbocycles. The van der Waals surface area contributed by atoms with Gasteiger partial charge in [0.05, 0.1) is 21.7 Å². The van der Waals surface area contributed by atoms with Crippen molar-refractivity contribution in [2.75, 3.05) is 4.72 Å². The van der Waals surface area contributed by atoms with Crippen LogP contribution in [0, 0.1) is 15.9 Å². The maximum absolute atomic E-state index is 13.4. The Hall–Kier alpha value is -2.55. The molecule has 0 aliphatic heterocycles. The Morgan fingerprint density at radius 3 is 2.60 bits per heavy atom. The first kappa shape index (κ1) is 13.9. The zero-order valence-electron chi connectivity index (χ0n) is 9.86. The van der Waals surface area contributed by atoms with Crippen molar-refractivity contribution in [1.29, 1.82) is 0 Å². The molecule has 0 spiro atoms. The van der Waals surface area contributed by atoms with Gasteiger partial charge in [-0.1, -0.05) is 0 Å². The summed E-state index contributed by atoms with van der Waals surface area (Å²) in [6.07, 6.45) is 2.74. The summed E-state index contributed by atoms with van der Waals surface area (Å²) in [5, 5.41) is 10.5. The van der Waals surface area contributed by atoms with Gasteiger partial charge in [0.1, 0.15) is 0 Å². The van der Waals surface area contributed by atoms with Crippen molar-refractivity contribution < 1.29 is 17.7 Å². The Kier molecular flexibility index (Phi) is 3.61. The van der Waals surface area contributed by atoms with Crippen molar-refractivity contribution in [3.8, 4) is 0 Å². The van der Waals surface area contributed by atoms with Gasteiger partial charge in [-0.25, -0.2) is 8.42 Å². The second-order valence-electron chi connectivity index (χ2n) is 3.72. The molecule has 9 heteroatoms. The lowest BCUT2D eigenvalue weighted by Crippen LogP contribution is -2.13. The molecule has 0 atom stereocenters. The molecule has 0 aliphatic carbocycles. The summed E-state index contributed by atoms with van der Waals surface area (Å²) in [6, 6.07) is 5.34. The molecule has 0 amide bonds. The Labute approximate surface area is 113 Å². The minimum Gasteiger partial charge on any atom is -0.278 e. The molecular formula is C11H8FN3O4S. The standard InChI is InChI=1S/C11H8FN3O4S/c12-10-6-9(3-4-11(10)15(16)17)20(18,19)14-8-2-1-5-13-7-8/h1-7,14H. The Balaban J connectivity index is 2.35. The normalized spacial score (nSPS) is 11.1. The van der Waals surface area contributed by atoms with Gasteiger partial charge < -0.3 is 0 Å². The molecule has 0 unspecified atom stereocenters. The molecule has 0 aliphatic rings. The number of nitro benzene ring substituents is 1. The first-order valence-corrected chi connectivity index (χ1v) is 6.75. The van der Waals surface area contributed by atoms with E-state index in [1.807, 2.05) is 0 Å². The summed E-state index contributed by atoms with van der Waals surface area (Å²) in [6.45, 7) is 0. The average molecular weight is 297 g/mol. The molecule has 20 heavy (non-hydrogen) atoms. The molecule has 104 valence electrons. The van der Waals surface area contributed by atoms with Crippen LogP contribution in [0.25, 0.3) is 0 Å². The van der Waals surface area contributed by atoms with E-state index < -0.39 is 31.3 Å². The predicted molar refractivity (Wildman–Crippen MR) is 68.1 cm³/mol. The summed E-state index contributed by atoms with van der Waals surface area (Å²) < 4.78 is 39.5. The summed E-state index contributed by atoms with van der Waals surface area (Å²) in [5.41, 5.74) is -0.586. The number of hydrogen-bond acceptors (Lipinski definition) is 5. The first-order chi connectivity index (χ1) is 9.40. The number of aromatic nitrogens is 1. The molecule has 0 radical (unpaired) electrons. The molecule has 0 fully saturated rings. The molecule has 7 nitrogen and oxygen atoms in total. The first-order valence-electron chi connectivity index (χ1n) is 5.27. The molecule has 1 heterocycles. The smallest absolute Gasteiger partial charge is 0.278 e. The lowest BCUT2D eigenvalue weighted by atomic mass is 10.3. The van der Waals surface area contributed by atoms with Crippen LogP contribution in [-0.2, 0) is 10.0 Å². The monoisotopic (exact) mass is 297 g/mol. The van der Waals surface area contributed by atoms with Gasteiger partial charge in [0.25, 0.3) is 10.0 Å². The van der Waals surface area contributed by atoms with E-state index in [-0.39, 0.29) is 5.69 Å². The number of pyridine rings is 1. The van der Waals surface area contributed by atoms with E-state index in [0.29, 0.717) is 6.07 Å². The fourth-order valence-corrected chi connectivity index (χ4v) is 2.49. The topological polar surface area (TPSA) is 102 Å². The van der Waals surface area contributed by atoms with Gasteiger partial charge in [-0.05, 0) is 18.2 Å². The molecule has 1 aromatic heterocycles. The highest BCUT2D eigenvalue weighted by molar-refractivity contribution is 7.92. The third-order valence-corrected chi connectivity index (χ3v) is 3.72. The van der Waals surface area contributed by atoms with Gasteiger partial charge in [0, 0.05) is 18.3 Å². The Morgan fingerprint density at radius 1 is 1.30 bits per heavy atom. The lowest BCUT2D eigenvalue weighted by molar-refractivity contribution is -0.387. The van der Waals surface area contributed by atoms with Crippen LogP contribution in [0.1, 0.15) is 0 Å². The molecule has 0 bridgehead atoms. The maximum atomic E-state index is 13.4. The highest BCUT2D eigenvalue weighted by atomic mass is 32.2. The molecule has 1 N–H and O–H groups in total. The van der Waals surface area contributed by atoms with Gasteiger partial charge in [-0.15, -0.1) is 0 Å². The average Bonchev–Trinajstić information content (AvgIpc) is 2.38. The molecule has 2 rings (SSSR count). The highest BCUT2D eigenvalue weighted by Crippen LogP contribution is 2.22. The second-order valence-corrected chi connectivity index (χ2v) is 5.40. The Bertz CT molecular complexity index is 750. The van der Waals surface area contributed by atoms with Gasteiger partial charge in [-0.3, -0.25) is 19.8 Å². The minimum absolute atomic E-state index is 0.200. The van der Waals surface area contributed by atoms with Crippen LogP contribution in [0.2, 0.25) is 0 Å². The Morgan fingerprint density at radius 2 is 2.05 bits per heavy atom. The largest absolute Gasteiger partial charge is 0.304 e. The van der Waals surface area contributed by atoms with E-state index >= 15 is 0 Å². The van der Waals surface area contributed by atoms with Crippen LogP contribution in [0.3, 0.4) is 0 Å². The summed E-state index contributed by atoms with van der Waals surface area (Å²) in [4.78, 5) is 12.9. The zero-order valence-corrected chi connectivity index (χ0v) is 10.7. The molecule has 2 aromatic rings. The van der Waals surface area contributed by atoms with Crippen molar-refractivity contribution >= 4 is 21.4 Å². The van der Waals surface area contributed by atoms with E-state index in [4.69, 9.17) is 0 Å². The van der Waals surface area contributed by atoms with E-state index in [0.717, 1.165) is 12.1 Å². The van der Waals surface area contributed by atoms with E-state index in [2.05, 4.69) is 9.71 Å². The van der Waals surface area contributed by atoms with Crippen molar-refractivity contribution in [3.63, 3.8) is 0 Å². The fraction of sp³-hybridized carbons (Fsp3) is 0. The number of sulfonamides is 1. The van der Waals surface area contributed by atoms with Crippen LogP contribution < -0.4 is 4.72 Å². The minimum atomic E-state index is -4.03. The van der Waals surface area contributed by atoms with Crippen LogP contribution in [-0.4, -0.2) is 18.3 Å². The van der Waals surface area contributed by atoms with Crippen molar-refractivity contribution in [3.05, 3.63) is 58.7 Å². The van der Waals surface area contributed by atoms with Gasteiger partial charge >= 0.3 is 5.69 Å². The number of rotatable bonds is 4. The van der Waals surface area contributed by atoms with Crippen LogP contribution >= 0.6 is 0 Å². The summed E-state index contributed by atoms with van der Waals surface area (Å²) in [7, 11) is -4.03. The number of anilines is 1. The van der Waals surface area contributed by atoms with E-state index in [1.54, 1.807) is 0 Å². The van der Waals surface area contributed by atoms with Crippen molar-refractivity contribution in [1.82, 2.24) is 4.98 Å². The molecular weight excluding hydrogens is 289 g/mol. The predicted octanol–water partition coefficient (Wildman–Crippen LogP) is 1.93. The number of nitrogens with zero attached hydrogens (tertiary/aromatic N) is 2. The van der Waals surface area contributed by atoms with E-state index in [1.165, 1.54) is 24.5 Å². The number of nitrogens with one attached hydrogen (secondary N) is 1.